The first-order valence-corrected chi connectivity index (χ1v) is 7.50. The Balaban J connectivity index is 1.89. The van der Waals surface area contributed by atoms with Crippen LogP contribution in [0.15, 0.2) is 47.1 Å². The minimum absolute atomic E-state index is 0.180. The molecule has 0 aliphatic heterocycles. The van der Waals surface area contributed by atoms with Crippen LogP contribution >= 0.6 is 15.9 Å². The van der Waals surface area contributed by atoms with Crippen molar-refractivity contribution < 1.29 is 4.74 Å². The number of hydrogen-bond donors (Lipinski definition) is 1. The number of ether oxygens (including phenoxy) is 1. The molecule has 0 aliphatic rings. The fourth-order valence-corrected chi connectivity index (χ4v) is 2.36. The number of pyridine rings is 1. The topological polar surface area (TPSA) is 34.1 Å². The molecule has 0 atom stereocenters. The minimum atomic E-state index is 0.180. The van der Waals surface area contributed by atoms with Crippen LogP contribution in [0.3, 0.4) is 0 Å². The van der Waals surface area contributed by atoms with Gasteiger partial charge in [-0.1, -0.05) is 12.1 Å². The average Bonchev–Trinajstić information content (AvgIpc) is 2.43. The third-order valence-corrected chi connectivity index (χ3v) is 3.34. The Morgan fingerprint density at radius 1 is 1.20 bits per heavy atom. The number of nitrogens with one attached hydrogen (secondary N) is 1. The van der Waals surface area contributed by atoms with Crippen molar-refractivity contribution in [2.24, 2.45) is 0 Å². The van der Waals surface area contributed by atoms with Gasteiger partial charge in [0.2, 0.25) is 0 Å². The van der Waals surface area contributed by atoms with Crippen molar-refractivity contribution in [3.05, 3.63) is 58.3 Å². The highest BCUT2D eigenvalue weighted by Crippen LogP contribution is 2.26. The van der Waals surface area contributed by atoms with Crippen molar-refractivity contribution in [3.8, 4) is 5.75 Å². The number of nitrogens with zero attached hydrogens (tertiary/aromatic N) is 1. The molecular formula is C16H19BrN2O. The van der Waals surface area contributed by atoms with E-state index in [1.165, 1.54) is 5.56 Å². The van der Waals surface area contributed by atoms with E-state index >= 15 is 0 Å². The second kappa shape index (κ2) is 7.41. The molecule has 106 valence electrons. The van der Waals surface area contributed by atoms with Gasteiger partial charge in [-0.25, -0.2) is 0 Å². The Morgan fingerprint density at radius 2 is 2.05 bits per heavy atom. The molecule has 0 spiro atoms. The summed E-state index contributed by atoms with van der Waals surface area (Å²) in [7, 11) is 0. The van der Waals surface area contributed by atoms with Gasteiger partial charge >= 0.3 is 0 Å². The second-order valence-electron chi connectivity index (χ2n) is 4.86. The lowest BCUT2D eigenvalue weighted by Crippen LogP contribution is -2.13. The molecule has 2 aromatic rings. The molecule has 2 rings (SSSR count). The summed E-state index contributed by atoms with van der Waals surface area (Å²) in [5, 5.41) is 3.38. The molecule has 1 aromatic heterocycles. The summed E-state index contributed by atoms with van der Waals surface area (Å²) in [6.45, 7) is 5.61. The Hall–Kier alpha value is -1.39. The molecule has 20 heavy (non-hydrogen) atoms. The summed E-state index contributed by atoms with van der Waals surface area (Å²) in [5.41, 5.74) is 2.26. The quantitative estimate of drug-likeness (QED) is 0.869. The van der Waals surface area contributed by atoms with Gasteiger partial charge in [-0.15, -0.1) is 0 Å². The highest BCUT2D eigenvalue weighted by Gasteiger charge is 2.04. The van der Waals surface area contributed by atoms with E-state index in [-0.39, 0.29) is 6.10 Å². The number of halogens is 1. The zero-order valence-corrected chi connectivity index (χ0v) is 13.4. The van der Waals surface area contributed by atoms with Crippen LogP contribution in [0.4, 0.5) is 0 Å². The predicted octanol–water partition coefficient (Wildman–Crippen LogP) is 3.92. The molecule has 0 aliphatic carbocycles. The minimum Gasteiger partial charge on any atom is -0.490 e. The van der Waals surface area contributed by atoms with Gasteiger partial charge < -0.3 is 10.1 Å². The van der Waals surface area contributed by atoms with Crippen LogP contribution in [-0.2, 0) is 13.1 Å². The van der Waals surface area contributed by atoms with Crippen LogP contribution in [0, 0.1) is 0 Å². The molecule has 1 aromatic carbocycles. The van der Waals surface area contributed by atoms with Gasteiger partial charge in [0.25, 0.3) is 0 Å². The van der Waals surface area contributed by atoms with E-state index in [0.29, 0.717) is 0 Å². The van der Waals surface area contributed by atoms with E-state index in [4.69, 9.17) is 4.74 Å². The number of benzene rings is 1. The van der Waals surface area contributed by atoms with Crippen LogP contribution in [-0.4, -0.2) is 11.1 Å². The Bertz CT molecular complexity index is 543. The van der Waals surface area contributed by atoms with E-state index < -0.39 is 0 Å². The first-order valence-electron chi connectivity index (χ1n) is 6.71. The third kappa shape index (κ3) is 4.62. The number of hydrogen-bond acceptors (Lipinski definition) is 3. The summed E-state index contributed by atoms with van der Waals surface area (Å²) >= 11 is 3.55. The predicted molar refractivity (Wildman–Crippen MR) is 84.7 cm³/mol. The Morgan fingerprint density at radius 3 is 2.70 bits per heavy atom. The largest absolute Gasteiger partial charge is 0.490 e. The van der Waals surface area contributed by atoms with Gasteiger partial charge in [-0.2, -0.15) is 0 Å². The van der Waals surface area contributed by atoms with Crippen molar-refractivity contribution >= 4 is 15.9 Å². The van der Waals surface area contributed by atoms with Crippen LogP contribution < -0.4 is 10.1 Å². The summed E-state index contributed by atoms with van der Waals surface area (Å²) in [6.07, 6.45) is 1.99. The average molecular weight is 335 g/mol. The fourth-order valence-electron chi connectivity index (χ4n) is 1.84. The molecule has 0 unspecified atom stereocenters. The maximum absolute atomic E-state index is 5.70. The van der Waals surface area contributed by atoms with Gasteiger partial charge in [0.05, 0.1) is 16.3 Å². The van der Waals surface area contributed by atoms with Crippen molar-refractivity contribution in [1.82, 2.24) is 10.3 Å². The van der Waals surface area contributed by atoms with Gasteiger partial charge in [0.1, 0.15) is 5.75 Å². The maximum Gasteiger partial charge on any atom is 0.133 e. The Labute approximate surface area is 128 Å². The molecule has 0 radical (unpaired) electrons. The summed E-state index contributed by atoms with van der Waals surface area (Å²) in [5.74, 6) is 0.883. The van der Waals surface area contributed by atoms with Crippen molar-refractivity contribution in [1.29, 1.82) is 0 Å². The zero-order chi connectivity index (χ0) is 14.4. The first-order chi connectivity index (χ1) is 9.65. The van der Waals surface area contributed by atoms with Crippen molar-refractivity contribution in [2.45, 2.75) is 33.0 Å². The number of rotatable bonds is 6. The molecule has 0 amide bonds. The zero-order valence-electron chi connectivity index (χ0n) is 11.8. The third-order valence-electron chi connectivity index (χ3n) is 2.72. The smallest absolute Gasteiger partial charge is 0.133 e. The highest BCUT2D eigenvalue weighted by atomic mass is 79.9. The molecule has 4 heteroatoms. The summed E-state index contributed by atoms with van der Waals surface area (Å²) in [4.78, 5) is 4.28. The first kappa shape index (κ1) is 15.0. The van der Waals surface area contributed by atoms with Crippen LogP contribution in [0.2, 0.25) is 0 Å². The van der Waals surface area contributed by atoms with Crippen LogP contribution in [0.5, 0.6) is 5.75 Å². The van der Waals surface area contributed by atoms with E-state index in [9.17, 15) is 0 Å². The molecular weight excluding hydrogens is 316 g/mol. The number of aromatic nitrogens is 1. The summed E-state index contributed by atoms with van der Waals surface area (Å²) < 4.78 is 6.69. The van der Waals surface area contributed by atoms with E-state index in [1.807, 2.05) is 44.3 Å². The van der Waals surface area contributed by atoms with E-state index in [0.717, 1.165) is 29.0 Å². The van der Waals surface area contributed by atoms with Crippen molar-refractivity contribution in [2.75, 3.05) is 0 Å². The summed E-state index contributed by atoms with van der Waals surface area (Å²) in [6, 6.07) is 12.1. The molecule has 0 saturated carbocycles. The lowest BCUT2D eigenvalue weighted by Gasteiger charge is -2.12. The lowest BCUT2D eigenvalue weighted by atomic mass is 10.2. The Kier molecular flexibility index (Phi) is 5.56. The normalized spacial score (nSPS) is 10.8. The molecule has 0 bridgehead atoms. The van der Waals surface area contributed by atoms with E-state index in [1.54, 1.807) is 0 Å². The SMILES string of the molecule is CC(C)Oc1ccc(CNCc2ccccn2)cc1Br. The van der Waals surface area contributed by atoms with Gasteiger partial charge in [-0.3, -0.25) is 4.98 Å². The molecule has 3 nitrogen and oxygen atoms in total. The van der Waals surface area contributed by atoms with E-state index in [2.05, 4.69) is 38.4 Å². The monoisotopic (exact) mass is 334 g/mol. The molecule has 0 saturated heterocycles. The van der Waals surface area contributed by atoms with Crippen molar-refractivity contribution in [3.63, 3.8) is 0 Å². The molecule has 1 N–H and O–H groups in total. The molecule has 1 heterocycles. The molecule has 0 fully saturated rings. The maximum atomic E-state index is 5.70. The van der Waals surface area contributed by atoms with Gasteiger partial charge in [-0.05, 0) is 59.6 Å². The fraction of sp³-hybridized carbons (Fsp3) is 0.312. The van der Waals surface area contributed by atoms with Gasteiger partial charge in [0, 0.05) is 19.3 Å². The van der Waals surface area contributed by atoms with Crippen LogP contribution in [0.25, 0.3) is 0 Å². The highest BCUT2D eigenvalue weighted by molar-refractivity contribution is 9.10. The lowest BCUT2D eigenvalue weighted by molar-refractivity contribution is 0.241. The van der Waals surface area contributed by atoms with Gasteiger partial charge in [0.15, 0.2) is 0 Å². The standard InChI is InChI=1S/C16H19BrN2O/c1-12(2)20-16-7-6-13(9-15(16)17)10-18-11-14-5-3-4-8-19-14/h3-9,12,18H,10-11H2,1-2H3. The van der Waals surface area contributed by atoms with Crippen LogP contribution in [0.1, 0.15) is 25.1 Å². The second-order valence-corrected chi connectivity index (χ2v) is 5.71.